The van der Waals surface area contributed by atoms with E-state index in [1.807, 2.05) is 0 Å². The van der Waals surface area contributed by atoms with Crippen LogP contribution in [0.4, 0.5) is 35.9 Å². The van der Waals surface area contributed by atoms with Crippen molar-refractivity contribution in [2.75, 3.05) is 16.8 Å². The number of para-hydroxylation sites is 1. The summed E-state index contributed by atoms with van der Waals surface area (Å²) in [6.07, 6.45) is -4.81. The summed E-state index contributed by atoms with van der Waals surface area (Å²) in [5.74, 6) is -0.988. The number of nitrogens with one attached hydrogen (secondary N) is 1. The summed E-state index contributed by atoms with van der Waals surface area (Å²) in [4.78, 5) is 24.8. The summed E-state index contributed by atoms with van der Waals surface area (Å²) in [7, 11) is 0. The molecule has 0 radical (unpaired) electrons. The third kappa shape index (κ3) is 5.93. The number of amides is 1. The van der Waals surface area contributed by atoms with Gasteiger partial charge in [0.2, 0.25) is 0 Å². The van der Waals surface area contributed by atoms with Crippen LogP contribution in [0.25, 0.3) is 0 Å². The first-order chi connectivity index (χ1) is 16.4. The van der Waals surface area contributed by atoms with Crippen molar-refractivity contribution in [3.05, 3.63) is 94.0 Å². The highest BCUT2D eigenvalue weighted by molar-refractivity contribution is 5.97. The molecule has 35 heavy (non-hydrogen) atoms. The van der Waals surface area contributed by atoms with Gasteiger partial charge in [-0.1, -0.05) is 18.2 Å². The summed E-state index contributed by atoms with van der Waals surface area (Å²) in [6.45, 7) is 0.862. The average molecular weight is 484 g/mol. The maximum atomic E-state index is 13.3. The van der Waals surface area contributed by atoms with Gasteiger partial charge < -0.3 is 15.3 Å². The third-order valence-electron chi connectivity index (χ3n) is 5.10. The molecule has 11 heteroatoms. The second-order valence-corrected chi connectivity index (χ2v) is 7.79. The Balaban J connectivity index is 1.89. The number of halogens is 3. The molecule has 0 heterocycles. The molecule has 0 unspecified atom stereocenters. The first kappa shape index (κ1) is 25.2. The highest BCUT2D eigenvalue weighted by Crippen LogP contribution is 2.34. The average Bonchev–Trinajstić information content (AvgIpc) is 2.82. The standard InChI is InChI=1S/C24H19F3N4O4/c1-23(33,22(32)29-17-8-7-16(14-28)21(13-17)24(25,26)27)15-30(18-5-3-2-4-6-18)19-9-11-20(12-10-19)31(34)35/h2-13,33H,15H2,1H3,(H,29,32)/t23-/m0/s1. The van der Waals surface area contributed by atoms with Crippen LogP contribution in [0.2, 0.25) is 0 Å². The number of nitrogens with zero attached hydrogens (tertiary/aromatic N) is 3. The van der Waals surface area contributed by atoms with Gasteiger partial charge in [0.15, 0.2) is 5.60 Å². The van der Waals surface area contributed by atoms with Gasteiger partial charge in [0.25, 0.3) is 11.6 Å². The molecule has 3 aromatic carbocycles. The highest BCUT2D eigenvalue weighted by atomic mass is 19.4. The van der Waals surface area contributed by atoms with Crippen LogP contribution in [0.3, 0.4) is 0 Å². The molecular formula is C24H19F3N4O4. The molecule has 180 valence electrons. The number of hydrogen-bond acceptors (Lipinski definition) is 6. The van der Waals surface area contributed by atoms with Crippen LogP contribution in [0.1, 0.15) is 18.1 Å². The van der Waals surface area contributed by atoms with Crippen molar-refractivity contribution in [1.29, 1.82) is 5.26 Å². The van der Waals surface area contributed by atoms with Crippen molar-refractivity contribution >= 4 is 28.7 Å². The third-order valence-corrected chi connectivity index (χ3v) is 5.10. The lowest BCUT2D eigenvalue weighted by Gasteiger charge is -2.32. The maximum Gasteiger partial charge on any atom is 0.417 e. The molecule has 0 saturated carbocycles. The van der Waals surface area contributed by atoms with Crippen LogP contribution in [-0.2, 0) is 11.0 Å². The number of nitriles is 1. The van der Waals surface area contributed by atoms with Crippen molar-refractivity contribution < 1.29 is 28.0 Å². The molecule has 3 rings (SSSR count). The summed E-state index contributed by atoms with van der Waals surface area (Å²) >= 11 is 0. The zero-order valence-electron chi connectivity index (χ0n) is 18.3. The van der Waals surface area contributed by atoms with Crippen molar-refractivity contribution in [2.24, 2.45) is 0 Å². The predicted octanol–water partition coefficient (Wildman–Crippen LogP) is 5.01. The van der Waals surface area contributed by atoms with Crippen LogP contribution in [0, 0.1) is 21.4 Å². The van der Waals surface area contributed by atoms with E-state index < -0.39 is 33.7 Å². The first-order valence-electron chi connectivity index (χ1n) is 10.1. The molecule has 0 spiro atoms. The topological polar surface area (TPSA) is 120 Å². The number of anilines is 3. The molecule has 3 aromatic rings. The largest absolute Gasteiger partial charge is 0.417 e. The molecule has 2 N–H and O–H groups in total. The SMILES string of the molecule is C[C@](O)(CN(c1ccccc1)c1ccc([N+](=O)[O-])cc1)C(=O)Nc1ccc(C#N)c(C(F)(F)F)c1. The molecule has 8 nitrogen and oxygen atoms in total. The molecule has 1 atom stereocenters. The lowest BCUT2D eigenvalue weighted by atomic mass is 10.0. The molecular weight excluding hydrogens is 465 g/mol. The molecule has 0 aromatic heterocycles. The molecule has 0 aliphatic rings. The van der Waals surface area contributed by atoms with E-state index in [4.69, 9.17) is 5.26 Å². The summed E-state index contributed by atoms with van der Waals surface area (Å²) in [6, 6.07) is 18.2. The number of nitro benzene ring substituents is 1. The minimum atomic E-state index is -4.81. The fourth-order valence-electron chi connectivity index (χ4n) is 3.29. The van der Waals surface area contributed by atoms with Gasteiger partial charge in [0, 0.05) is 29.2 Å². The van der Waals surface area contributed by atoms with Crippen LogP contribution in [0.15, 0.2) is 72.8 Å². The van der Waals surface area contributed by atoms with Gasteiger partial charge in [0.1, 0.15) is 0 Å². The lowest BCUT2D eigenvalue weighted by Crippen LogP contribution is -2.48. The first-order valence-corrected chi connectivity index (χ1v) is 10.1. The monoisotopic (exact) mass is 484 g/mol. The van der Waals surface area contributed by atoms with Gasteiger partial charge in [-0.05, 0) is 49.4 Å². The van der Waals surface area contributed by atoms with E-state index in [0.717, 1.165) is 12.1 Å². The van der Waals surface area contributed by atoms with Crippen LogP contribution < -0.4 is 10.2 Å². The van der Waals surface area contributed by atoms with E-state index in [1.54, 1.807) is 35.2 Å². The fourth-order valence-corrected chi connectivity index (χ4v) is 3.29. The van der Waals surface area contributed by atoms with Gasteiger partial charge in [0.05, 0.1) is 28.7 Å². The smallest absolute Gasteiger partial charge is 0.378 e. The number of rotatable bonds is 7. The number of benzene rings is 3. The van der Waals surface area contributed by atoms with Crippen molar-refractivity contribution in [1.82, 2.24) is 0 Å². The Labute approximate surface area is 198 Å². The summed E-state index contributed by atoms with van der Waals surface area (Å²) in [5.41, 5.74) is -3.32. The molecule has 0 saturated heterocycles. The van der Waals surface area contributed by atoms with Gasteiger partial charge >= 0.3 is 6.18 Å². The molecule has 1 amide bonds. The number of carbonyl (C=O) groups excluding carboxylic acids is 1. The Kier molecular flexibility index (Phi) is 7.07. The van der Waals surface area contributed by atoms with Crippen LogP contribution in [0.5, 0.6) is 0 Å². The normalized spacial score (nSPS) is 12.8. The molecule has 0 bridgehead atoms. The van der Waals surface area contributed by atoms with Gasteiger partial charge in [-0.25, -0.2) is 0 Å². The van der Waals surface area contributed by atoms with Gasteiger partial charge in [-0.15, -0.1) is 0 Å². The van der Waals surface area contributed by atoms with Gasteiger partial charge in [-0.3, -0.25) is 14.9 Å². The molecule has 0 aliphatic carbocycles. The quantitative estimate of drug-likeness (QED) is 0.359. The van der Waals surface area contributed by atoms with E-state index in [2.05, 4.69) is 5.32 Å². The van der Waals surface area contributed by atoms with Gasteiger partial charge in [-0.2, -0.15) is 18.4 Å². The fraction of sp³-hybridized carbons (Fsp3) is 0.167. The number of carbonyl (C=O) groups is 1. The van der Waals surface area contributed by atoms with Crippen LogP contribution >= 0.6 is 0 Å². The second-order valence-electron chi connectivity index (χ2n) is 7.79. The van der Waals surface area contributed by atoms with E-state index in [9.17, 15) is 33.2 Å². The zero-order chi connectivity index (χ0) is 25.8. The second kappa shape index (κ2) is 9.82. The summed E-state index contributed by atoms with van der Waals surface area (Å²) in [5, 5.41) is 33.1. The van der Waals surface area contributed by atoms with E-state index in [-0.39, 0.29) is 17.9 Å². The minimum absolute atomic E-state index is 0.146. The van der Waals surface area contributed by atoms with Crippen molar-refractivity contribution in [3.63, 3.8) is 0 Å². The zero-order valence-corrected chi connectivity index (χ0v) is 18.3. The number of aliphatic hydroxyl groups is 1. The number of alkyl halides is 3. The molecule has 0 fully saturated rings. The minimum Gasteiger partial charge on any atom is -0.378 e. The number of non-ortho nitro benzene ring substituents is 1. The lowest BCUT2D eigenvalue weighted by molar-refractivity contribution is -0.384. The predicted molar refractivity (Wildman–Crippen MR) is 122 cm³/mol. The van der Waals surface area contributed by atoms with Crippen LogP contribution in [-0.4, -0.2) is 28.1 Å². The Bertz CT molecular complexity index is 1270. The highest BCUT2D eigenvalue weighted by Gasteiger charge is 2.36. The molecule has 0 aliphatic heterocycles. The Morgan fingerprint density at radius 1 is 1.09 bits per heavy atom. The summed E-state index contributed by atoms with van der Waals surface area (Å²) < 4.78 is 39.8. The van der Waals surface area contributed by atoms with E-state index >= 15 is 0 Å². The van der Waals surface area contributed by atoms with Crippen molar-refractivity contribution in [3.8, 4) is 6.07 Å². The van der Waals surface area contributed by atoms with E-state index in [0.29, 0.717) is 17.4 Å². The number of nitro groups is 1. The Morgan fingerprint density at radius 3 is 2.23 bits per heavy atom. The maximum absolute atomic E-state index is 13.3. The van der Waals surface area contributed by atoms with E-state index in [1.165, 1.54) is 37.3 Å². The number of hydrogen-bond donors (Lipinski definition) is 2. The van der Waals surface area contributed by atoms with Crippen molar-refractivity contribution in [2.45, 2.75) is 18.7 Å². The Hall–Kier alpha value is -4.43. The Morgan fingerprint density at radius 2 is 1.69 bits per heavy atom.